The topological polar surface area (TPSA) is 32.3 Å². The number of nitrogens with one attached hydrogen (secondary N) is 1. The lowest BCUT2D eigenvalue weighted by Crippen LogP contribution is -2.42. The van der Waals surface area contributed by atoms with E-state index in [0.29, 0.717) is 12.1 Å². The first kappa shape index (κ1) is 18.1. The van der Waals surface area contributed by atoms with Gasteiger partial charge in [0.2, 0.25) is 5.91 Å². The Morgan fingerprint density at radius 3 is 2.52 bits per heavy atom. The van der Waals surface area contributed by atoms with Crippen LogP contribution in [-0.4, -0.2) is 30.4 Å². The molecular formula is C16H20ClF3N2O. The second-order valence-electron chi connectivity index (χ2n) is 6.21. The zero-order chi connectivity index (χ0) is 15.8. The molecule has 0 saturated carbocycles. The minimum atomic E-state index is -4.35. The van der Waals surface area contributed by atoms with Gasteiger partial charge in [0.15, 0.2) is 0 Å². The van der Waals surface area contributed by atoms with Crippen molar-refractivity contribution < 1.29 is 18.0 Å². The lowest BCUT2D eigenvalue weighted by Gasteiger charge is -2.32. The molecule has 3 rings (SSSR count). The first-order chi connectivity index (χ1) is 10.4. The van der Waals surface area contributed by atoms with Gasteiger partial charge >= 0.3 is 6.18 Å². The molecule has 0 bridgehead atoms. The Kier molecular flexibility index (Phi) is 5.26. The molecule has 0 aromatic heterocycles. The minimum Gasteiger partial charge on any atom is -0.338 e. The van der Waals surface area contributed by atoms with Gasteiger partial charge in [-0.05, 0) is 50.0 Å². The Hall–Kier alpha value is -1.27. The van der Waals surface area contributed by atoms with E-state index in [1.165, 1.54) is 6.07 Å². The van der Waals surface area contributed by atoms with Crippen LogP contribution >= 0.6 is 12.4 Å². The van der Waals surface area contributed by atoms with Crippen molar-refractivity contribution in [2.75, 3.05) is 19.6 Å². The number of hydrogen-bond acceptors (Lipinski definition) is 2. The van der Waals surface area contributed by atoms with Crippen LogP contribution in [-0.2, 0) is 17.5 Å². The van der Waals surface area contributed by atoms with Gasteiger partial charge in [0.05, 0.1) is 11.0 Å². The number of alkyl halides is 3. The Bertz CT molecular complexity index is 571. The number of nitrogens with zero attached hydrogens (tertiary/aromatic N) is 1. The molecule has 2 saturated heterocycles. The van der Waals surface area contributed by atoms with E-state index >= 15 is 0 Å². The molecule has 23 heavy (non-hydrogen) atoms. The zero-order valence-corrected chi connectivity index (χ0v) is 13.5. The van der Waals surface area contributed by atoms with Crippen LogP contribution in [0, 0.1) is 5.41 Å². The number of benzene rings is 1. The average molecular weight is 349 g/mol. The third-order valence-electron chi connectivity index (χ3n) is 4.79. The molecule has 2 aliphatic heterocycles. The van der Waals surface area contributed by atoms with Gasteiger partial charge in [0.25, 0.3) is 0 Å². The zero-order valence-electron chi connectivity index (χ0n) is 12.7. The van der Waals surface area contributed by atoms with Gasteiger partial charge in [0.1, 0.15) is 0 Å². The number of amides is 1. The maximum absolute atomic E-state index is 12.8. The number of likely N-dealkylation sites (tertiary alicyclic amines) is 1. The molecular weight excluding hydrogens is 329 g/mol. The second-order valence-corrected chi connectivity index (χ2v) is 6.21. The van der Waals surface area contributed by atoms with Crippen LogP contribution in [0.3, 0.4) is 0 Å². The van der Waals surface area contributed by atoms with E-state index in [2.05, 4.69) is 5.32 Å². The van der Waals surface area contributed by atoms with E-state index < -0.39 is 11.7 Å². The maximum atomic E-state index is 12.8. The predicted molar refractivity (Wildman–Crippen MR) is 83.3 cm³/mol. The van der Waals surface area contributed by atoms with Crippen LogP contribution in [0.4, 0.5) is 13.2 Å². The van der Waals surface area contributed by atoms with Crippen LogP contribution in [0.25, 0.3) is 0 Å². The van der Waals surface area contributed by atoms with Gasteiger partial charge < -0.3 is 10.2 Å². The molecule has 0 atom stereocenters. The van der Waals surface area contributed by atoms with Crippen molar-refractivity contribution >= 4 is 18.3 Å². The summed E-state index contributed by atoms with van der Waals surface area (Å²) in [6.07, 6.45) is -1.89. The van der Waals surface area contributed by atoms with Crippen molar-refractivity contribution in [3.8, 4) is 0 Å². The molecule has 2 heterocycles. The molecule has 1 N–H and O–H groups in total. The third kappa shape index (κ3) is 3.63. The summed E-state index contributed by atoms with van der Waals surface area (Å²) in [6, 6.07) is 5.25. The molecule has 0 radical (unpaired) electrons. The summed E-state index contributed by atoms with van der Waals surface area (Å²) in [7, 11) is 0. The van der Waals surface area contributed by atoms with Gasteiger partial charge in [-0.2, -0.15) is 13.2 Å². The van der Waals surface area contributed by atoms with Crippen LogP contribution in [0.15, 0.2) is 24.3 Å². The smallest absolute Gasteiger partial charge is 0.338 e. The Morgan fingerprint density at radius 1 is 1.17 bits per heavy atom. The van der Waals surface area contributed by atoms with Crippen LogP contribution in [0.5, 0.6) is 0 Å². The standard InChI is InChI=1S/C16H19F3N2O.ClH/c17-16(18,19)13-3-1-2-12(10-13)11-21-9-6-15(14(21)22)4-7-20-8-5-15;/h1-3,10,20H,4-9,11H2;1H. The van der Waals surface area contributed by atoms with Crippen molar-refractivity contribution in [1.82, 2.24) is 10.2 Å². The van der Waals surface area contributed by atoms with Crippen LogP contribution < -0.4 is 5.32 Å². The second kappa shape index (κ2) is 6.69. The first-order valence-corrected chi connectivity index (χ1v) is 7.57. The maximum Gasteiger partial charge on any atom is 0.416 e. The molecule has 0 aliphatic carbocycles. The summed E-state index contributed by atoms with van der Waals surface area (Å²) < 4.78 is 38.3. The van der Waals surface area contributed by atoms with Crippen molar-refractivity contribution in [3.63, 3.8) is 0 Å². The Labute approximate surface area is 139 Å². The van der Waals surface area contributed by atoms with E-state index in [-0.39, 0.29) is 30.3 Å². The molecule has 2 aliphatic rings. The highest BCUT2D eigenvalue weighted by Crippen LogP contribution is 2.40. The fourth-order valence-electron chi connectivity index (χ4n) is 3.48. The number of halogens is 4. The van der Waals surface area contributed by atoms with Crippen molar-refractivity contribution in [2.24, 2.45) is 5.41 Å². The molecule has 1 aromatic carbocycles. The molecule has 2 fully saturated rings. The largest absolute Gasteiger partial charge is 0.416 e. The highest BCUT2D eigenvalue weighted by Gasteiger charge is 2.46. The van der Waals surface area contributed by atoms with Gasteiger partial charge in [0, 0.05) is 13.1 Å². The number of piperidine rings is 1. The Morgan fingerprint density at radius 2 is 1.87 bits per heavy atom. The molecule has 1 spiro atoms. The van der Waals surface area contributed by atoms with Gasteiger partial charge in [-0.25, -0.2) is 0 Å². The molecule has 1 aromatic rings. The highest BCUT2D eigenvalue weighted by atomic mass is 35.5. The van der Waals surface area contributed by atoms with E-state index in [1.54, 1.807) is 11.0 Å². The summed E-state index contributed by atoms with van der Waals surface area (Å²) in [5, 5.41) is 3.25. The van der Waals surface area contributed by atoms with Crippen molar-refractivity contribution in [2.45, 2.75) is 32.0 Å². The Balaban J connectivity index is 0.00000192. The molecule has 7 heteroatoms. The van der Waals surface area contributed by atoms with Crippen LogP contribution in [0.2, 0.25) is 0 Å². The third-order valence-corrected chi connectivity index (χ3v) is 4.79. The summed E-state index contributed by atoms with van der Waals surface area (Å²) in [4.78, 5) is 14.4. The molecule has 1 amide bonds. The van der Waals surface area contributed by atoms with E-state index in [4.69, 9.17) is 0 Å². The van der Waals surface area contributed by atoms with Gasteiger partial charge in [-0.1, -0.05) is 12.1 Å². The minimum absolute atomic E-state index is 0. The molecule has 3 nitrogen and oxygen atoms in total. The lowest BCUT2D eigenvalue weighted by molar-refractivity contribution is -0.137. The SMILES string of the molecule is Cl.O=C1N(Cc2cccc(C(F)(F)F)c2)CCC12CCNCC2. The normalized spacial score (nSPS) is 20.7. The highest BCUT2D eigenvalue weighted by molar-refractivity contribution is 5.85. The van der Waals surface area contributed by atoms with Gasteiger partial charge in [-0.3, -0.25) is 4.79 Å². The summed E-state index contributed by atoms with van der Waals surface area (Å²) in [5.41, 5.74) is -0.408. The molecule has 128 valence electrons. The average Bonchev–Trinajstić information content (AvgIpc) is 2.77. The van der Waals surface area contributed by atoms with Crippen molar-refractivity contribution in [1.29, 1.82) is 0 Å². The molecule has 0 unspecified atom stereocenters. The van der Waals surface area contributed by atoms with Crippen LogP contribution in [0.1, 0.15) is 30.4 Å². The van der Waals surface area contributed by atoms with Crippen molar-refractivity contribution in [3.05, 3.63) is 35.4 Å². The lowest BCUT2D eigenvalue weighted by atomic mass is 9.78. The van der Waals surface area contributed by atoms with E-state index in [1.807, 2.05) is 0 Å². The fraction of sp³-hybridized carbons (Fsp3) is 0.562. The summed E-state index contributed by atoms with van der Waals surface area (Å²) >= 11 is 0. The summed E-state index contributed by atoms with van der Waals surface area (Å²) in [6.45, 7) is 2.57. The monoisotopic (exact) mass is 348 g/mol. The van der Waals surface area contributed by atoms with E-state index in [0.717, 1.165) is 44.5 Å². The number of hydrogen-bond donors (Lipinski definition) is 1. The number of carbonyl (C=O) groups excluding carboxylic acids is 1. The quantitative estimate of drug-likeness (QED) is 0.890. The number of carbonyl (C=O) groups is 1. The predicted octanol–water partition coefficient (Wildman–Crippen LogP) is 3.23. The number of rotatable bonds is 2. The van der Waals surface area contributed by atoms with Gasteiger partial charge in [-0.15, -0.1) is 12.4 Å². The first-order valence-electron chi connectivity index (χ1n) is 7.57. The fourth-order valence-corrected chi connectivity index (χ4v) is 3.48. The summed E-state index contributed by atoms with van der Waals surface area (Å²) in [5.74, 6) is 0.103. The van der Waals surface area contributed by atoms with E-state index in [9.17, 15) is 18.0 Å².